The maximum Gasteiger partial charge on any atom is 0.254 e. The number of anilines is 1. The summed E-state index contributed by atoms with van der Waals surface area (Å²) in [6.07, 6.45) is 4.39. The summed E-state index contributed by atoms with van der Waals surface area (Å²) in [6.45, 7) is 3.19. The van der Waals surface area contributed by atoms with Gasteiger partial charge in [0.05, 0.1) is 11.3 Å². The molecule has 1 aromatic carbocycles. The SMILES string of the molecule is Cc1nc(N)ncc1C(=O)NCCCn1ccc2ccccc21. The first kappa shape index (κ1) is 15.0. The number of carbonyl (C=O) groups is 1. The summed E-state index contributed by atoms with van der Waals surface area (Å²) in [6, 6.07) is 10.4. The van der Waals surface area contributed by atoms with Crippen LogP contribution in [0.4, 0.5) is 5.95 Å². The number of hydrogen-bond acceptors (Lipinski definition) is 4. The highest BCUT2D eigenvalue weighted by Crippen LogP contribution is 2.15. The van der Waals surface area contributed by atoms with Crippen molar-refractivity contribution in [2.45, 2.75) is 19.9 Å². The molecule has 0 aliphatic carbocycles. The van der Waals surface area contributed by atoms with E-state index in [0.29, 0.717) is 17.8 Å². The number of hydrogen-bond donors (Lipinski definition) is 2. The lowest BCUT2D eigenvalue weighted by atomic mass is 10.2. The van der Waals surface area contributed by atoms with Crippen molar-refractivity contribution in [3.63, 3.8) is 0 Å². The number of carbonyl (C=O) groups excluding carboxylic acids is 1. The molecule has 6 heteroatoms. The molecule has 0 saturated heterocycles. The molecule has 2 heterocycles. The van der Waals surface area contributed by atoms with Gasteiger partial charge in [0.1, 0.15) is 0 Å². The third-order valence-corrected chi connectivity index (χ3v) is 3.78. The van der Waals surface area contributed by atoms with Gasteiger partial charge in [-0.25, -0.2) is 9.97 Å². The van der Waals surface area contributed by atoms with E-state index in [4.69, 9.17) is 5.73 Å². The average molecular weight is 309 g/mol. The molecule has 0 aliphatic heterocycles. The van der Waals surface area contributed by atoms with Crippen LogP contribution < -0.4 is 11.1 Å². The van der Waals surface area contributed by atoms with Crippen molar-refractivity contribution >= 4 is 22.8 Å². The number of aromatic nitrogens is 3. The van der Waals surface area contributed by atoms with Gasteiger partial charge >= 0.3 is 0 Å². The molecule has 2 aromatic heterocycles. The Hall–Kier alpha value is -2.89. The zero-order valence-electron chi connectivity index (χ0n) is 13.0. The second-order valence-corrected chi connectivity index (χ2v) is 5.40. The van der Waals surface area contributed by atoms with Crippen LogP contribution in [0.15, 0.2) is 42.7 Å². The fourth-order valence-electron chi connectivity index (χ4n) is 2.59. The maximum absolute atomic E-state index is 12.1. The van der Waals surface area contributed by atoms with Crippen LogP contribution in [0.2, 0.25) is 0 Å². The van der Waals surface area contributed by atoms with Gasteiger partial charge in [-0.3, -0.25) is 4.79 Å². The first-order valence-corrected chi connectivity index (χ1v) is 7.56. The molecule has 3 rings (SSSR count). The van der Waals surface area contributed by atoms with Crippen molar-refractivity contribution in [2.24, 2.45) is 0 Å². The first-order chi connectivity index (χ1) is 11.1. The smallest absolute Gasteiger partial charge is 0.254 e. The molecule has 23 heavy (non-hydrogen) atoms. The monoisotopic (exact) mass is 309 g/mol. The van der Waals surface area contributed by atoms with Crippen molar-refractivity contribution in [1.29, 1.82) is 0 Å². The summed E-state index contributed by atoms with van der Waals surface area (Å²) in [5.74, 6) is 0.0124. The van der Waals surface area contributed by atoms with Crippen LogP contribution in [-0.2, 0) is 6.54 Å². The first-order valence-electron chi connectivity index (χ1n) is 7.56. The highest BCUT2D eigenvalue weighted by Gasteiger charge is 2.10. The molecular weight excluding hydrogens is 290 g/mol. The van der Waals surface area contributed by atoms with Gasteiger partial charge in [0, 0.05) is 31.0 Å². The Morgan fingerprint density at radius 1 is 1.30 bits per heavy atom. The number of nitrogens with zero attached hydrogens (tertiary/aromatic N) is 3. The third kappa shape index (κ3) is 3.31. The molecule has 1 amide bonds. The van der Waals surface area contributed by atoms with Crippen LogP contribution in [0.5, 0.6) is 0 Å². The van der Waals surface area contributed by atoms with E-state index in [1.165, 1.54) is 17.1 Å². The zero-order valence-corrected chi connectivity index (χ0v) is 13.0. The Bertz CT molecular complexity index is 840. The van der Waals surface area contributed by atoms with Crippen LogP contribution in [0.3, 0.4) is 0 Å². The molecule has 3 N–H and O–H groups in total. The Balaban J connectivity index is 1.54. The highest BCUT2D eigenvalue weighted by molar-refractivity contribution is 5.94. The van der Waals surface area contributed by atoms with E-state index in [-0.39, 0.29) is 11.9 Å². The van der Waals surface area contributed by atoms with Gasteiger partial charge in [0.2, 0.25) is 5.95 Å². The van der Waals surface area contributed by atoms with E-state index in [1.807, 2.05) is 12.1 Å². The van der Waals surface area contributed by atoms with E-state index in [2.05, 4.69) is 44.2 Å². The minimum Gasteiger partial charge on any atom is -0.368 e. The normalized spacial score (nSPS) is 10.8. The van der Waals surface area contributed by atoms with Crippen LogP contribution in [-0.4, -0.2) is 27.0 Å². The molecule has 0 aliphatic rings. The van der Waals surface area contributed by atoms with Gasteiger partial charge in [-0.05, 0) is 30.9 Å². The molecule has 0 fully saturated rings. The second-order valence-electron chi connectivity index (χ2n) is 5.40. The number of fused-ring (bicyclic) bond motifs is 1. The molecule has 6 nitrogen and oxygen atoms in total. The Morgan fingerprint density at radius 3 is 2.96 bits per heavy atom. The van der Waals surface area contributed by atoms with Gasteiger partial charge < -0.3 is 15.6 Å². The zero-order chi connectivity index (χ0) is 16.2. The summed E-state index contributed by atoms with van der Waals surface area (Å²) in [4.78, 5) is 20.0. The molecule has 0 spiro atoms. The summed E-state index contributed by atoms with van der Waals surface area (Å²) in [5, 5.41) is 4.12. The molecule has 0 unspecified atom stereocenters. The number of aryl methyl sites for hydroxylation is 2. The van der Waals surface area contributed by atoms with Crippen molar-refractivity contribution in [3.8, 4) is 0 Å². The number of amides is 1. The van der Waals surface area contributed by atoms with Gasteiger partial charge in [-0.15, -0.1) is 0 Å². The Kier molecular flexibility index (Phi) is 4.23. The van der Waals surface area contributed by atoms with E-state index in [9.17, 15) is 4.79 Å². The molecule has 0 atom stereocenters. The summed E-state index contributed by atoms with van der Waals surface area (Å²) in [5.41, 5.74) is 7.75. The highest BCUT2D eigenvalue weighted by atomic mass is 16.1. The summed E-state index contributed by atoms with van der Waals surface area (Å²) >= 11 is 0. The van der Waals surface area contributed by atoms with Gasteiger partial charge in [0.25, 0.3) is 5.91 Å². The molecule has 0 bridgehead atoms. The van der Waals surface area contributed by atoms with Crippen molar-refractivity contribution in [2.75, 3.05) is 12.3 Å². The van der Waals surface area contributed by atoms with E-state index in [0.717, 1.165) is 13.0 Å². The van der Waals surface area contributed by atoms with Crippen molar-refractivity contribution < 1.29 is 4.79 Å². The second kappa shape index (κ2) is 6.48. The van der Waals surface area contributed by atoms with Crippen LogP contribution >= 0.6 is 0 Å². The topological polar surface area (TPSA) is 85.8 Å². The van der Waals surface area contributed by atoms with E-state index >= 15 is 0 Å². The van der Waals surface area contributed by atoms with Gasteiger partial charge in [-0.1, -0.05) is 18.2 Å². The van der Waals surface area contributed by atoms with E-state index < -0.39 is 0 Å². The Labute approximate surface area is 134 Å². The minimum atomic E-state index is -0.167. The van der Waals surface area contributed by atoms with Crippen LogP contribution in [0, 0.1) is 6.92 Å². The molecule has 3 aromatic rings. The third-order valence-electron chi connectivity index (χ3n) is 3.78. The standard InChI is InChI=1S/C17H19N5O/c1-12-14(11-20-17(18)21-12)16(23)19-8-4-9-22-10-7-13-5-2-3-6-15(13)22/h2-3,5-7,10-11H,4,8-9H2,1H3,(H,19,23)(H2,18,20,21). The molecule has 0 saturated carbocycles. The number of benzene rings is 1. The van der Waals surface area contributed by atoms with Crippen LogP contribution in [0.25, 0.3) is 10.9 Å². The van der Waals surface area contributed by atoms with Crippen LogP contribution in [0.1, 0.15) is 22.5 Å². The van der Waals surface area contributed by atoms with Crippen molar-refractivity contribution in [1.82, 2.24) is 19.9 Å². The van der Waals surface area contributed by atoms with Gasteiger partial charge in [-0.2, -0.15) is 0 Å². The number of rotatable bonds is 5. The lowest BCUT2D eigenvalue weighted by molar-refractivity contribution is 0.0951. The fourth-order valence-corrected chi connectivity index (χ4v) is 2.59. The maximum atomic E-state index is 12.1. The minimum absolute atomic E-state index is 0.167. The largest absolute Gasteiger partial charge is 0.368 e. The predicted molar refractivity (Wildman–Crippen MR) is 90.1 cm³/mol. The fraction of sp³-hybridized carbons (Fsp3) is 0.235. The Morgan fingerprint density at radius 2 is 2.13 bits per heavy atom. The van der Waals surface area contributed by atoms with Gasteiger partial charge in [0.15, 0.2) is 0 Å². The molecule has 118 valence electrons. The molecular formula is C17H19N5O. The quantitative estimate of drug-likeness (QED) is 0.707. The molecule has 0 radical (unpaired) electrons. The van der Waals surface area contributed by atoms with E-state index in [1.54, 1.807) is 6.92 Å². The predicted octanol–water partition coefficient (Wildman–Crippen LogP) is 2.14. The lowest BCUT2D eigenvalue weighted by Gasteiger charge is -2.08. The lowest BCUT2D eigenvalue weighted by Crippen LogP contribution is -2.26. The van der Waals surface area contributed by atoms with Crippen molar-refractivity contribution in [3.05, 3.63) is 54.0 Å². The number of nitrogens with one attached hydrogen (secondary N) is 1. The summed E-state index contributed by atoms with van der Waals surface area (Å²) in [7, 11) is 0. The number of nitrogens with two attached hydrogens (primary N) is 1. The number of nitrogen functional groups attached to an aromatic ring is 1. The number of para-hydroxylation sites is 1. The summed E-state index contributed by atoms with van der Waals surface area (Å²) < 4.78 is 2.19. The average Bonchev–Trinajstić information content (AvgIpc) is 2.94.